The van der Waals surface area contributed by atoms with E-state index in [1.807, 2.05) is 12.1 Å². The monoisotopic (exact) mass is 239 g/mol. The third-order valence-electron chi connectivity index (χ3n) is 2.20. The zero-order valence-electron chi connectivity index (χ0n) is 7.95. The van der Waals surface area contributed by atoms with Crippen molar-refractivity contribution in [3.63, 3.8) is 0 Å². The summed E-state index contributed by atoms with van der Waals surface area (Å²) in [6, 6.07) is 4.02. The number of thioether (sulfide) groups is 1. The molecule has 15 heavy (non-hydrogen) atoms. The number of hydrogen-bond acceptors (Lipinski definition) is 5. The molecule has 78 valence electrons. The van der Waals surface area contributed by atoms with E-state index in [0.717, 1.165) is 0 Å². The Morgan fingerprint density at radius 2 is 1.87 bits per heavy atom. The van der Waals surface area contributed by atoms with Crippen LogP contribution in [0, 0.1) is 22.7 Å². The zero-order valence-corrected chi connectivity index (χ0v) is 9.58. The molecule has 0 radical (unpaired) electrons. The van der Waals surface area contributed by atoms with Gasteiger partial charge in [-0.05, 0) is 12.8 Å². The van der Waals surface area contributed by atoms with E-state index in [9.17, 15) is 4.79 Å². The van der Waals surface area contributed by atoms with E-state index >= 15 is 0 Å². The average Bonchev–Trinajstić information content (AvgIpc) is 2.48. The Hall–Kier alpha value is -1.11. The number of thiocarbonyl (C=S) groups is 1. The van der Waals surface area contributed by atoms with Gasteiger partial charge in [0, 0.05) is 12.8 Å². The minimum atomic E-state index is -0.692. The molecule has 0 spiro atoms. The Morgan fingerprint density at radius 1 is 1.33 bits per heavy atom. The number of carbonyl (C=O) groups is 1. The molecule has 1 aliphatic rings. The van der Waals surface area contributed by atoms with Crippen molar-refractivity contribution in [1.82, 2.24) is 5.32 Å². The lowest BCUT2D eigenvalue weighted by Crippen LogP contribution is -2.36. The van der Waals surface area contributed by atoms with Crippen LogP contribution < -0.4 is 5.32 Å². The van der Waals surface area contributed by atoms with E-state index in [-0.39, 0.29) is 5.91 Å². The van der Waals surface area contributed by atoms with Gasteiger partial charge in [0.05, 0.1) is 12.1 Å². The first-order valence-corrected chi connectivity index (χ1v) is 5.65. The normalized spacial score (nSPS) is 18.0. The van der Waals surface area contributed by atoms with Crippen molar-refractivity contribution in [2.45, 2.75) is 30.4 Å². The summed E-state index contributed by atoms with van der Waals surface area (Å²) in [4.78, 5) is 11.7. The third kappa shape index (κ3) is 2.68. The van der Waals surface area contributed by atoms with Crippen LogP contribution in [-0.4, -0.2) is 15.0 Å². The molecule has 0 aliphatic carbocycles. The first-order valence-electron chi connectivity index (χ1n) is 4.43. The maximum Gasteiger partial charge on any atom is 0.242 e. The van der Waals surface area contributed by atoms with E-state index in [0.29, 0.717) is 30.0 Å². The smallest absolute Gasteiger partial charge is 0.242 e. The topological polar surface area (TPSA) is 76.7 Å². The Morgan fingerprint density at radius 3 is 2.20 bits per heavy atom. The van der Waals surface area contributed by atoms with E-state index in [1.165, 1.54) is 11.8 Å². The fourth-order valence-corrected chi connectivity index (χ4v) is 3.05. The lowest BCUT2D eigenvalue weighted by molar-refractivity contribution is -0.121. The van der Waals surface area contributed by atoms with E-state index in [4.69, 9.17) is 22.7 Å². The van der Waals surface area contributed by atoms with Gasteiger partial charge in [0.2, 0.25) is 5.91 Å². The molecule has 0 unspecified atom stereocenters. The summed E-state index contributed by atoms with van der Waals surface area (Å²) in [5.74, 6) is -0.164. The average molecular weight is 239 g/mol. The molecule has 1 saturated heterocycles. The van der Waals surface area contributed by atoms with Gasteiger partial charge in [0.25, 0.3) is 0 Å². The van der Waals surface area contributed by atoms with Crippen molar-refractivity contribution < 1.29 is 4.79 Å². The quantitative estimate of drug-likeness (QED) is 0.752. The lowest BCUT2D eigenvalue weighted by atomic mass is 9.96. The fourth-order valence-electron chi connectivity index (χ4n) is 1.43. The molecule has 0 aromatic heterocycles. The fraction of sp³-hybridized carbons (Fsp3) is 0.556. The van der Waals surface area contributed by atoms with Gasteiger partial charge in [0.15, 0.2) is 0 Å². The van der Waals surface area contributed by atoms with Gasteiger partial charge >= 0.3 is 0 Å². The third-order valence-corrected chi connectivity index (χ3v) is 3.82. The summed E-state index contributed by atoms with van der Waals surface area (Å²) < 4.78 is -0.251. The zero-order chi connectivity index (χ0) is 11.3. The SMILES string of the molecule is N#CCCC1(CCC#N)SC(=S)NC1=O. The number of carbonyl (C=O) groups excluding carboxylic acids is 1. The van der Waals surface area contributed by atoms with Crippen molar-refractivity contribution in [3.05, 3.63) is 0 Å². The Balaban J connectivity index is 2.77. The van der Waals surface area contributed by atoms with Gasteiger partial charge in [-0.25, -0.2) is 0 Å². The second-order valence-corrected chi connectivity index (χ2v) is 5.21. The van der Waals surface area contributed by atoms with Crippen LogP contribution in [-0.2, 0) is 4.79 Å². The number of hydrogen-bond donors (Lipinski definition) is 1. The minimum Gasteiger partial charge on any atom is -0.310 e. The maximum absolute atomic E-state index is 11.7. The molecule has 1 aliphatic heterocycles. The number of nitrogens with zero attached hydrogens (tertiary/aromatic N) is 2. The standard InChI is InChI=1S/C9H9N3OS2/c10-5-1-3-9(4-2-6-11)7(13)12-8(14)15-9/h1-4H2,(H,12,13,14). The van der Waals surface area contributed by atoms with Crippen LogP contribution in [0.3, 0.4) is 0 Å². The molecule has 0 aromatic carbocycles. The maximum atomic E-state index is 11.7. The summed E-state index contributed by atoms with van der Waals surface area (Å²) in [6.45, 7) is 0. The van der Waals surface area contributed by atoms with Gasteiger partial charge in [-0.1, -0.05) is 24.0 Å². The van der Waals surface area contributed by atoms with Crippen LogP contribution in [0.2, 0.25) is 0 Å². The second kappa shape index (κ2) is 5.11. The summed E-state index contributed by atoms with van der Waals surface area (Å²) in [6.07, 6.45) is 1.49. The van der Waals surface area contributed by atoms with Crippen LogP contribution in [0.5, 0.6) is 0 Å². The molecule has 1 N–H and O–H groups in total. The molecule has 0 bridgehead atoms. The van der Waals surface area contributed by atoms with Crippen LogP contribution in [0.15, 0.2) is 0 Å². The predicted molar refractivity (Wildman–Crippen MR) is 60.8 cm³/mol. The molecule has 1 amide bonds. The van der Waals surface area contributed by atoms with E-state index in [2.05, 4.69) is 5.32 Å². The second-order valence-electron chi connectivity index (χ2n) is 3.15. The number of nitriles is 2. The Kier molecular flexibility index (Phi) is 4.07. The molecule has 0 atom stereocenters. The number of nitrogens with one attached hydrogen (secondary N) is 1. The van der Waals surface area contributed by atoms with Crippen molar-refractivity contribution in [3.8, 4) is 12.1 Å². The Bertz CT molecular complexity index is 349. The molecule has 4 nitrogen and oxygen atoms in total. The van der Waals surface area contributed by atoms with Gasteiger partial charge in [0.1, 0.15) is 9.07 Å². The highest BCUT2D eigenvalue weighted by atomic mass is 32.2. The number of rotatable bonds is 4. The summed E-state index contributed by atoms with van der Waals surface area (Å²) >= 11 is 6.18. The molecule has 6 heteroatoms. The largest absolute Gasteiger partial charge is 0.310 e. The van der Waals surface area contributed by atoms with Crippen LogP contribution in [0.1, 0.15) is 25.7 Å². The highest BCUT2D eigenvalue weighted by Gasteiger charge is 2.45. The predicted octanol–water partition coefficient (Wildman–Crippen LogP) is 1.48. The molecule has 1 rings (SSSR count). The van der Waals surface area contributed by atoms with Crippen molar-refractivity contribution >= 4 is 34.2 Å². The lowest BCUT2D eigenvalue weighted by Gasteiger charge is -2.21. The highest BCUT2D eigenvalue weighted by molar-refractivity contribution is 8.25. The van der Waals surface area contributed by atoms with Crippen LogP contribution in [0.4, 0.5) is 0 Å². The molecule has 1 fully saturated rings. The van der Waals surface area contributed by atoms with Crippen molar-refractivity contribution in [2.24, 2.45) is 0 Å². The Labute approximate surface area is 97.6 Å². The summed E-state index contributed by atoms with van der Waals surface area (Å²) in [7, 11) is 0. The van der Waals surface area contributed by atoms with E-state index in [1.54, 1.807) is 0 Å². The van der Waals surface area contributed by atoms with Gasteiger partial charge in [-0.2, -0.15) is 10.5 Å². The molecule has 0 saturated carbocycles. The first-order chi connectivity index (χ1) is 7.14. The molecule has 1 heterocycles. The van der Waals surface area contributed by atoms with Crippen molar-refractivity contribution in [1.29, 1.82) is 10.5 Å². The molecular formula is C9H9N3OS2. The minimum absolute atomic E-state index is 0.164. The van der Waals surface area contributed by atoms with Crippen molar-refractivity contribution in [2.75, 3.05) is 0 Å². The van der Waals surface area contributed by atoms with Crippen LogP contribution >= 0.6 is 24.0 Å². The number of amides is 1. The first kappa shape index (κ1) is 12.0. The summed E-state index contributed by atoms with van der Waals surface area (Å²) in [5.41, 5.74) is 0. The van der Waals surface area contributed by atoms with E-state index < -0.39 is 4.75 Å². The van der Waals surface area contributed by atoms with Crippen LogP contribution in [0.25, 0.3) is 0 Å². The van der Waals surface area contributed by atoms with Gasteiger partial charge in [-0.3, -0.25) is 4.79 Å². The van der Waals surface area contributed by atoms with Gasteiger partial charge in [-0.15, -0.1) is 0 Å². The molecule has 0 aromatic rings. The highest BCUT2D eigenvalue weighted by Crippen LogP contribution is 2.39. The molecular weight excluding hydrogens is 230 g/mol. The van der Waals surface area contributed by atoms with Gasteiger partial charge < -0.3 is 5.32 Å². The summed E-state index contributed by atoms with van der Waals surface area (Å²) in [5, 5.41) is 19.6.